The SMILES string of the molecule is O=C(NCCOCCO)NCC1CCCC1. The second-order valence-electron chi connectivity index (χ2n) is 4.12. The molecule has 0 bridgehead atoms. The second-order valence-corrected chi connectivity index (χ2v) is 4.12. The van der Waals surface area contributed by atoms with Crippen molar-refractivity contribution in [3.05, 3.63) is 0 Å². The van der Waals surface area contributed by atoms with Crippen molar-refractivity contribution in [1.82, 2.24) is 10.6 Å². The van der Waals surface area contributed by atoms with Crippen LogP contribution < -0.4 is 10.6 Å². The van der Waals surface area contributed by atoms with Gasteiger partial charge in [-0.3, -0.25) is 0 Å². The monoisotopic (exact) mass is 230 g/mol. The molecule has 5 nitrogen and oxygen atoms in total. The van der Waals surface area contributed by atoms with Crippen molar-refractivity contribution in [3.63, 3.8) is 0 Å². The van der Waals surface area contributed by atoms with E-state index in [0.29, 0.717) is 25.7 Å². The van der Waals surface area contributed by atoms with Gasteiger partial charge in [0.25, 0.3) is 0 Å². The molecule has 5 heteroatoms. The van der Waals surface area contributed by atoms with Crippen LogP contribution in [0.15, 0.2) is 0 Å². The third-order valence-electron chi connectivity index (χ3n) is 2.79. The molecule has 0 aromatic heterocycles. The number of aliphatic hydroxyl groups excluding tert-OH is 1. The van der Waals surface area contributed by atoms with Gasteiger partial charge in [-0.1, -0.05) is 12.8 Å². The Morgan fingerprint density at radius 2 is 2.00 bits per heavy atom. The average Bonchev–Trinajstić information content (AvgIpc) is 2.79. The number of rotatable bonds is 7. The maximum atomic E-state index is 11.3. The normalized spacial score (nSPS) is 16.3. The molecule has 0 radical (unpaired) electrons. The van der Waals surface area contributed by atoms with Gasteiger partial charge in [-0.25, -0.2) is 4.79 Å². The van der Waals surface area contributed by atoms with Crippen molar-refractivity contribution >= 4 is 6.03 Å². The Labute approximate surface area is 96.6 Å². The molecule has 0 unspecified atom stereocenters. The van der Waals surface area contributed by atoms with Gasteiger partial charge in [-0.2, -0.15) is 0 Å². The van der Waals surface area contributed by atoms with E-state index >= 15 is 0 Å². The molecule has 1 saturated carbocycles. The summed E-state index contributed by atoms with van der Waals surface area (Å²) >= 11 is 0. The predicted molar refractivity (Wildman–Crippen MR) is 61.3 cm³/mol. The zero-order valence-corrected chi connectivity index (χ0v) is 9.71. The van der Waals surface area contributed by atoms with Crippen LogP contribution in [0.25, 0.3) is 0 Å². The number of urea groups is 1. The molecule has 0 heterocycles. The Bertz CT molecular complexity index is 194. The van der Waals surface area contributed by atoms with Crippen molar-refractivity contribution in [2.45, 2.75) is 25.7 Å². The fourth-order valence-corrected chi connectivity index (χ4v) is 1.92. The molecule has 1 fully saturated rings. The minimum absolute atomic E-state index is 0.0217. The molecule has 1 aliphatic rings. The lowest BCUT2D eigenvalue weighted by Crippen LogP contribution is -2.39. The summed E-state index contributed by atoms with van der Waals surface area (Å²) < 4.78 is 5.02. The van der Waals surface area contributed by atoms with Crippen LogP contribution in [-0.4, -0.2) is 44.0 Å². The Balaban J connectivity index is 1.90. The van der Waals surface area contributed by atoms with E-state index in [1.165, 1.54) is 25.7 Å². The van der Waals surface area contributed by atoms with E-state index in [-0.39, 0.29) is 12.6 Å². The standard InChI is InChI=1S/C11H22N2O3/c14-6-8-16-7-5-12-11(15)13-9-10-3-1-2-4-10/h10,14H,1-9H2,(H2,12,13,15). The molecule has 1 rings (SSSR count). The van der Waals surface area contributed by atoms with Gasteiger partial charge < -0.3 is 20.5 Å². The Morgan fingerprint density at radius 3 is 2.69 bits per heavy atom. The van der Waals surface area contributed by atoms with Crippen LogP contribution in [0.5, 0.6) is 0 Å². The molecule has 94 valence electrons. The van der Waals surface area contributed by atoms with E-state index in [9.17, 15) is 4.79 Å². The number of nitrogens with one attached hydrogen (secondary N) is 2. The summed E-state index contributed by atoms with van der Waals surface area (Å²) in [4.78, 5) is 11.3. The van der Waals surface area contributed by atoms with Gasteiger partial charge in [0, 0.05) is 13.1 Å². The number of hydrogen-bond donors (Lipinski definition) is 3. The molecular formula is C11H22N2O3. The van der Waals surface area contributed by atoms with Crippen LogP contribution in [0.4, 0.5) is 4.79 Å². The molecule has 16 heavy (non-hydrogen) atoms. The Kier molecular flexibility index (Phi) is 6.92. The predicted octanol–water partition coefficient (Wildman–Crippen LogP) is 0.485. The van der Waals surface area contributed by atoms with E-state index in [1.807, 2.05) is 0 Å². The number of ether oxygens (including phenoxy) is 1. The fourth-order valence-electron chi connectivity index (χ4n) is 1.92. The zero-order chi connectivity index (χ0) is 11.6. The quantitative estimate of drug-likeness (QED) is 0.557. The maximum Gasteiger partial charge on any atom is 0.314 e. The van der Waals surface area contributed by atoms with Gasteiger partial charge >= 0.3 is 6.03 Å². The molecule has 0 saturated heterocycles. The number of carbonyl (C=O) groups excluding carboxylic acids is 1. The van der Waals surface area contributed by atoms with Crippen molar-refractivity contribution < 1.29 is 14.6 Å². The number of amides is 2. The molecule has 0 spiro atoms. The lowest BCUT2D eigenvalue weighted by molar-refractivity contribution is 0.0947. The van der Waals surface area contributed by atoms with Crippen LogP contribution >= 0.6 is 0 Å². The minimum Gasteiger partial charge on any atom is -0.394 e. The number of aliphatic hydroxyl groups is 1. The Morgan fingerprint density at radius 1 is 1.25 bits per heavy atom. The van der Waals surface area contributed by atoms with Gasteiger partial charge in [0.05, 0.1) is 19.8 Å². The van der Waals surface area contributed by atoms with Crippen molar-refractivity contribution in [3.8, 4) is 0 Å². The highest BCUT2D eigenvalue weighted by Crippen LogP contribution is 2.23. The molecule has 1 aliphatic carbocycles. The first-order chi connectivity index (χ1) is 7.83. The van der Waals surface area contributed by atoms with E-state index in [1.54, 1.807) is 0 Å². The summed E-state index contributed by atoms with van der Waals surface area (Å²) in [5, 5.41) is 14.0. The first-order valence-electron chi connectivity index (χ1n) is 6.03. The van der Waals surface area contributed by atoms with Gasteiger partial charge in [0.1, 0.15) is 0 Å². The van der Waals surface area contributed by atoms with E-state index < -0.39 is 0 Å². The van der Waals surface area contributed by atoms with E-state index in [0.717, 1.165) is 6.54 Å². The second kappa shape index (κ2) is 8.35. The lowest BCUT2D eigenvalue weighted by atomic mass is 10.1. The van der Waals surface area contributed by atoms with Crippen molar-refractivity contribution in [2.75, 3.05) is 32.9 Å². The highest BCUT2D eigenvalue weighted by Gasteiger charge is 2.15. The highest BCUT2D eigenvalue weighted by atomic mass is 16.5. The van der Waals surface area contributed by atoms with Crippen LogP contribution in [-0.2, 0) is 4.74 Å². The van der Waals surface area contributed by atoms with Crippen molar-refractivity contribution in [2.24, 2.45) is 5.92 Å². The molecule has 0 aromatic carbocycles. The average molecular weight is 230 g/mol. The molecule has 0 atom stereocenters. The summed E-state index contributed by atoms with van der Waals surface area (Å²) in [6.45, 7) is 2.05. The van der Waals surface area contributed by atoms with E-state index in [4.69, 9.17) is 9.84 Å². The van der Waals surface area contributed by atoms with Crippen LogP contribution in [0.2, 0.25) is 0 Å². The molecule has 0 aromatic rings. The van der Waals surface area contributed by atoms with Gasteiger partial charge in [0.2, 0.25) is 0 Å². The van der Waals surface area contributed by atoms with Gasteiger partial charge in [-0.05, 0) is 18.8 Å². The fraction of sp³-hybridized carbons (Fsp3) is 0.909. The molecule has 3 N–H and O–H groups in total. The maximum absolute atomic E-state index is 11.3. The van der Waals surface area contributed by atoms with Crippen LogP contribution in [0, 0.1) is 5.92 Å². The number of carbonyl (C=O) groups is 1. The van der Waals surface area contributed by atoms with E-state index in [2.05, 4.69) is 10.6 Å². The highest BCUT2D eigenvalue weighted by molar-refractivity contribution is 5.73. The smallest absolute Gasteiger partial charge is 0.314 e. The summed E-state index contributed by atoms with van der Waals surface area (Å²) in [5.41, 5.74) is 0. The molecule has 2 amide bonds. The summed E-state index contributed by atoms with van der Waals surface area (Å²) in [5.74, 6) is 0.663. The molecular weight excluding hydrogens is 208 g/mol. The lowest BCUT2D eigenvalue weighted by Gasteiger charge is -2.11. The van der Waals surface area contributed by atoms with Crippen LogP contribution in [0.3, 0.4) is 0 Å². The first-order valence-corrected chi connectivity index (χ1v) is 6.03. The largest absolute Gasteiger partial charge is 0.394 e. The summed E-state index contributed by atoms with van der Waals surface area (Å²) in [6, 6.07) is -0.125. The van der Waals surface area contributed by atoms with Gasteiger partial charge in [0.15, 0.2) is 0 Å². The van der Waals surface area contributed by atoms with Crippen molar-refractivity contribution in [1.29, 1.82) is 0 Å². The summed E-state index contributed by atoms with van der Waals surface area (Å²) in [7, 11) is 0. The first kappa shape index (κ1) is 13.3. The zero-order valence-electron chi connectivity index (χ0n) is 9.71. The minimum atomic E-state index is -0.125. The van der Waals surface area contributed by atoms with Gasteiger partial charge in [-0.15, -0.1) is 0 Å². The number of hydrogen-bond acceptors (Lipinski definition) is 3. The topological polar surface area (TPSA) is 70.6 Å². The third-order valence-corrected chi connectivity index (χ3v) is 2.79. The summed E-state index contributed by atoms with van der Waals surface area (Å²) in [6.07, 6.45) is 5.06. The third kappa shape index (κ3) is 5.92. The Hall–Kier alpha value is -0.810. The van der Waals surface area contributed by atoms with Crippen LogP contribution in [0.1, 0.15) is 25.7 Å². The molecule has 0 aliphatic heterocycles.